The summed E-state index contributed by atoms with van der Waals surface area (Å²) in [5.41, 5.74) is 1.90. The van der Waals surface area contributed by atoms with Crippen molar-refractivity contribution in [3.63, 3.8) is 0 Å². The van der Waals surface area contributed by atoms with E-state index in [1.54, 1.807) is 12.5 Å². The van der Waals surface area contributed by atoms with Crippen LogP contribution < -0.4 is 0 Å². The van der Waals surface area contributed by atoms with Gasteiger partial charge in [0.15, 0.2) is 5.82 Å². The molecule has 0 unspecified atom stereocenters. The van der Waals surface area contributed by atoms with E-state index in [2.05, 4.69) is 19.9 Å². The van der Waals surface area contributed by atoms with Crippen LogP contribution in [0.15, 0.2) is 24.8 Å². The Morgan fingerprint density at radius 2 is 2.08 bits per heavy atom. The van der Waals surface area contributed by atoms with Crippen molar-refractivity contribution in [2.24, 2.45) is 18.9 Å². The standard InChI is InChI=1S/C19H25N5O/c1-23-9-7-20-18(23)17-11-16(21-13-22-17)10-14-4-3-8-24(12-14)19(25)15-5-2-6-15/h7,9,11,13-15H,2-6,8,10,12H2,1H3/t14-/m1/s1. The molecule has 2 fully saturated rings. The zero-order valence-corrected chi connectivity index (χ0v) is 14.8. The van der Waals surface area contributed by atoms with E-state index in [0.717, 1.165) is 62.4 Å². The average molecular weight is 339 g/mol. The molecule has 0 spiro atoms. The second-order valence-electron chi connectivity index (χ2n) is 7.38. The van der Waals surface area contributed by atoms with Crippen molar-refractivity contribution in [1.82, 2.24) is 24.4 Å². The molecular weight excluding hydrogens is 314 g/mol. The first-order valence-corrected chi connectivity index (χ1v) is 9.28. The Balaban J connectivity index is 1.43. The van der Waals surface area contributed by atoms with Crippen molar-refractivity contribution in [1.29, 1.82) is 0 Å². The van der Waals surface area contributed by atoms with E-state index < -0.39 is 0 Å². The molecule has 2 aromatic rings. The lowest BCUT2D eigenvalue weighted by Gasteiger charge is -2.37. The Kier molecular flexibility index (Phi) is 4.51. The number of likely N-dealkylation sites (tertiary alicyclic amines) is 1. The van der Waals surface area contributed by atoms with Crippen LogP contribution in [0.4, 0.5) is 0 Å². The molecule has 0 N–H and O–H groups in total. The van der Waals surface area contributed by atoms with Gasteiger partial charge in [-0.1, -0.05) is 6.42 Å². The molecule has 25 heavy (non-hydrogen) atoms. The Labute approximate surface area is 148 Å². The summed E-state index contributed by atoms with van der Waals surface area (Å²) >= 11 is 0. The number of nitrogens with zero attached hydrogens (tertiary/aromatic N) is 5. The molecule has 4 rings (SSSR count). The van der Waals surface area contributed by atoms with Crippen LogP contribution >= 0.6 is 0 Å². The van der Waals surface area contributed by atoms with Crippen LogP contribution in [-0.4, -0.2) is 43.4 Å². The van der Waals surface area contributed by atoms with Crippen LogP contribution in [0.1, 0.15) is 37.8 Å². The Morgan fingerprint density at radius 1 is 1.20 bits per heavy atom. The van der Waals surface area contributed by atoms with E-state index in [9.17, 15) is 4.79 Å². The number of aromatic nitrogens is 4. The summed E-state index contributed by atoms with van der Waals surface area (Å²) in [6, 6.07) is 2.04. The topological polar surface area (TPSA) is 63.9 Å². The highest BCUT2D eigenvalue weighted by atomic mass is 16.2. The average Bonchev–Trinajstić information content (AvgIpc) is 3.00. The highest BCUT2D eigenvalue weighted by Gasteiger charge is 2.32. The monoisotopic (exact) mass is 339 g/mol. The van der Waals surface area contributed by atoms with Crippen molar-refractivity contribution >= 4 is 5.91 Å². The van der Waals surface area contributed by atoms with Gasteiger partial charge in [0.1, 0.15) is 12.0 Å². The van der Waals surface area contributed by atoms with Crippen molar-refractivity contribution in [3.8, 4) is 11.5 Å². The van der Waals surface area contributed by atoms with Crippen molar-refractivity contribution < 1.29 is 4.79 Å². The summed E-state index contributed by atoms with van der Waals surface area (Å²) in [4.78, 5) is 27.8. The van der Waals surface area contributed by atoms with Crippen LogP contribution in [0.3, 0.4) is 0 Å². The molecule has 1 aliphatic carbocycles. The number of carbonyl (C=O) groups excluding carboxylic acids is 1. The first-order valence-electron chi connectivity index (χ1n) is 9.28. The SMILES string of the molecule is Cn1ccnc1-c1cc(C[C@H]2CCCN(C(=O)C3CCC3)C2)ncn1. The molecule has 0 aromatic carbocycles. The molecule has 1 saturated carbocycles. The number of piperidine rings is 1. The molecule has 0 radical (unpaired) electrons. The third kappa shape index (κ3) is 3.43. The van der Waals surface area contributed by atoms with Gasteiger partial charge in [-0.2, -0.15) is 0 Å². The van der Waals surface area contributed by atoms with Crippen LogP contribution in [0.5, 0.6) is 0 Å². The zero-order chi connectivity index (χ0) is 17.2. The molecule has 1 aliphatic heterocycles. The molecule has 132 valence electrons. The van der Waals surface area contributed by atoms with Gasteiger partial charge in [-0.15, -0.1) is 0 Å². The van der Waals surface area contributed by atoms with Crippen molar-refractivity contribution in [2.75, 3.05) is 13.1 Å². The van der Waals surface area contributed by atoms with Gasteiger partial charge < -0.3 is 9.47 Å². The number of imidazole rings is 1. The summed E-state index contributed by atoms with van der Waals surface area (Å²) in [5, 5.41) is 0. The molecule has 1 saturated heterocycles. The lowest BCUT2D eigenvalue weighted by molar-refractivity contribution is -0.140. The molecule has 1 amide bonds. The van der Waals surface area contributed by atoms with Crippen LogP contribution in [0.2, 0.25) is 0 Å². The van der Waals surface area contributed by atoms with Gasteiger partial charge in [0, 0.05) is 44.1 Å². The summed E-state index contributed by atoms with van der Waals surface area (Å²) in [6.07, 6.45) is 11.9. The van der Waals surface area contributed by atoms with E-state index >= 15 is 0 Å². The molecule has 6 heteroatoms. The fraction of sp³-hybridized carbons (Fsp3) is 0.579. The second-order valence-corrected chi connectivity index (χ2v) is 7.38. The maximum absolute atomic E-state index is 12.5. The third-order valence-corrected chi connectivity index (χ3v) is 5.56. The summed E-state index contributed by atoms with van der Waals surface area (Å²) < 4.78 is 1.96. The van der Waals surface area contributed by atoms with Gasteiger partial charge in [0.2, 0.25) is 5.91 Å². The Hall–Kier alpha value is -2.24. The fourth-order valence-corrected chi connectivity index (χ4v) is 3.88. The summed E-state index contributed by atoms with van der Waals surface area (Å²) in [5.74, 6) is 2.02. The predicted molar refractivity (Wildman–Crippen MR) is 94.6 cm³/mol. The largest absolute Gasteiger partial charge is 0.342 e. The zero-order valence-electron chi connectivity index (χ0n) is 14.8. The predicted octanol–water partition coefficient (Wildman–Crippen LogP) is 2.46. The maximum atomic E-state index is 12.5. The molecule has 6 nitrogen and oxygen atoms in total. The summed E-state index contributed by atoms with van der Waals surface area (Å²) in [6.45, 7) is 1.80. The highest BCUT2D eigenvalue weighted by Crippen LogP contribution is 2.30. The molecule has 0 bridgehead atoms. The lowest BCUT2D eigenvalue weighted by Crippen LogP contribution is -2.45. The minimum Gasteiger partial charge on any atom is -0.342 e. The minimum atomic E-state index is 0.299. The van der Waals surface area contributed by atoms with Gasteiger partial charge in [0.05, 0.1) is 0 Å². The maximum Gasteiger partial charge on any atom is 0.225 e. The summed E-state index contributed by atoms with van der Waals surface area (Å²) in [7, 11) is 1.97. The van der Waals surface area contributed by atoms with Crippen LogP contribution in [0, 0.1) is 11.8 Å². The Morgan fingerprint density at radius 3 is 2.80 bits per heavy atom. The first-order chi connectivity index (χ1) is 12.2. The molecular formula is C19H25N5O. The molecule has 2 aromatic heterocycles. The lowest BCUT2D eigenvalue weighted by atomic mass is 9.83. The normalized spacial score (nSPS) is 21.2. The highest BCUT2D eigenvalue weighted by molar-refractivity contribution is 5.79. The number of hydrogen-bond donors (Lipinski definition) is 0. The van der Waals surface area contributed by atoms with Gasteiger partial charge in [-0.05, 0) is 44.1 Å². The fourth-order valence-electron chi connectivity index (χ4n) is 3.88. The van der Waals surface area contributed by atoms with E-state index in [0.29, 0.717) is 17.7 Å². The second kappa shape index (κ2) is 6.94. The van der Waals surface area contributed by atoms with Gasteiger partial charge >= 0.3 is 0 Å². The van der Waals surface area contributed by atoms with E-state index in [-0.39, 0.29) is 0 Å². The number of hydrogen-bond acceptors (Lipinski definition) is 4. The number of carbonyl (C=O) groups is 1. The van der Waals surface area contributed by atoms with E-state index in [1.165, 1.54) is 6.42 Å². The Bertz CT molecular complexity index is 752. The third-order valence-electron chi connectivity index (χ3n) is 5.56. The van der Waals surface area contributed by atoms with Crippen molar-refractivity contribution in [2.45, 2.75) is 38.5 Å². The number of amides is 1. The van der Waals surface area contributed by atoms with E-state index in [1.807, 2.05) is 23.9 Å². The van der Waals surface area contributed by atoms with Crippen LogP contribution in [-0.2, 0) is 18.3 Å². The number of aryl methyl sites for hydroxylation is 1. The van der Waals surface area contributed by atoms with Gasteiger partial charge in [-0.25, -0.2) is 15.0 Å². The smallest absolute Gasteiger partial charge is 0.225 e. The quantitative estimate of drug-likeness (QED) is 0.858. The molecule has 1 atom stereocenters. The minimum absolute atomic E-state index is 0.299. The van der Waals surface area contributed by atoms with Crippen molar-refractivity contribution in [3.05, 3.63) is 30.5 Å². The van der Waals surface area contributed by atoms with Gasteiger partial charge in [0.25, 0.3) is 0 Å². The molecule has 3 heterocycles. The number of rotatable bonds is 4. The first kappa shape index (κ1) is 16.2. The van der Waals surface area contributed by atoms with Gasteiger partial charge in [-0.3, -0.25) is 4.79 Å². The van der Waals surface area contributed by atoms with E-state index in [4.69, 9.17) is 0 Å². The molecule has 2 aliphatic rings. The van der Waals surface area contributed by atoms with Crippen LogP contribution in [0.25, 0.3) is 11.5 Å².